The maximum Gasteiger partial charge on any atom is 1.00 e. The molecule has 0 aliphatic heterocycles. The largest absolute Gasteiger partial charge is 1.00 e. The maximum atomic E-state index is 3.62. The van der Waals surface area contributed by atoms with Gasteiger partial charge in [-0.25, -0.2) is 0 Å². The van der Waals surface area contributed by atoms with Gasteiger partial charge in [-0.2, -0.15) is 0 Å². The van der Waals surface area contributed by atoms with Crippen LogP contribution in [0.2, 0.25) is 0 Å². The zero-order chi connectivity index (χ0) is 6.41. The van der Waals surface area contributed by atoms with Crippen molar-refractivity contribution in [1.82, 2.24) is 15.2 Å². The molecule has 0 spiro atoms. The van der Waals surface area contributed by atoms with Crippen molar-refractivity contribution in [1.29, 1.82) is 0 Å². The molecule has 0 aliphatic carbocycles. The van der Waals surface area contributed by atoms with Crippen LogP contribution < -0.4 is 58.2 Å². The average Bonchev–Trinajstić information content (AvgIpc) is 2.24. The predicted molar refractivity (Wildman–Crippen MR) is 31.3 cm³/mol. The Hall–Kier alpha value is 0.945. The van der Waals surface area contributed by atoms with Gasteiger partial charge in [0.25, 0.3) is 0 Å². The third-order valence-corrected chi connectivity index (χ3v) is 0.485. The van der Waals surface area contributed by atoms with Crippen LogP contribution in [0.3, 0.4) is 0 Å². The number of aromatic nitrogens is 3. The first kappa shape index (κ1) is 12.6. The summed E-state index contributed by atoms with van der Waals surface area (Å²) in [5.41, 5.74) is 0. The standard InChI is InChI=1S/C3H4N3.C2H6.Rb/c1-3-4-2-5-6-3;1-2;/h1H3,(H,4,5,6);1-2H3;/q-1;;+1. The Labute approximate surface area is 104 Å². The number of aromatic amines is 1. The van der Waals surface area contributed by atoms with Crippen LogP contribution in [-0.2, 0) is 0 Å². The van der Waals surface area contributed by atoms with E-state index in [1.54, 1.807) is 0 Å². The number of aryl methyl sites for hydroxylation is 1. The van der Waals surface area contributed by atoms with Crippen molar-refractivity contribution in [3.05, 3.63) is 12.2 Å². The van der Waals surface area contributed by atoms with Gasteiger partial charge in [-0.3, -0.25) is 5.10 Å². The fraction of sp³-hybridized carbons (Fsp3) is 0.600. The van der Waals surface area contributed by atoms with E-state index in [2.05, 4.69) is 21.5 Å². The van der Waals surface area contributed by atoms with E-state index in [0.717, 1.165) is 5.82 Å². The summed E-state index contributed by atoms with van der Waals surface area (Å²) < 4.78 is 0. The van der Waals surface area contributed by atoms with Gasteiger partial charge in [0, 0.05) is 0 Å². The molecule has 0 bridgehead atoms. The Morgan fingerprint density at radius 3 is 2.11 bits per heavy atom. The monoisotopic (exact) mass is 197 g/mol. The van der Waals surface area contributed by atoms with E-state index in [1.807, 2.05) is 20.8 Å². The minimum atomic E-state index is 0. The van der Waals surface area contributed by atoms with E-state index in [9.17, 15) is 0 Å². The summed E-state index contributed by atoms with van der Waals surface area (Å²) >= 11 is 0. The van der Waals surface area contributed by atoms with Gasteiger partial charge in [0.15, 0.2) is 0 Å². The predicted octanol–water partition coefficient (Wildman–Crippen LogP) is -2.06. The summed E-state index contributed by atoms with van der Waals surface area (Å²) in [6.07, 6.45) is 2.37. The third-order valence-electron chi connectivity index (χ3n) is 0.485. The quantitative estimate of drug-likeness (QED) is 0.487. The number of H-pyrrole nitrogens is 1. The van der Waals surface area contributed by atoms with Crippen LogP contribution in [0.15, 0.2) is 0 Å². The van der Waals surface area contributed by atoms with Gasteiger partial charge in [0.1, 0.15) is 0 Å². The number of nitrogens with zero attached hydrogens (tertiary/aromatic N) is 2. The smallest absolute Gasteiger partial charge is 0.418 e. The molecule has 0 fully saturated rings. The first-order valence-electron chi connectivity index (χ1n) is 2.64. The Balaban J connectivity index is 0. The summed E-state index contributed by atoms with van der Waals surface area (Å²) in [6.45, 7) is 5.82. The third kappa shape index (κ3) is 6.84. The normalized spacial score (nSPS) is 6.56. The SMILES string of the molecule is CC.Cc1n[c-]n[nH]1.[Rb+]. The van der Waals surface area contributed by atoms with E-state index in [4.69, 9.17) is 0 Å². The molecule has 3 nitrogen and oxygen atoms in total. The van der Waals surface area contributed by atoms with Gasteiger partial charge >= 0.3 is 58.2 Å². The van der Waals surface area contributed by atoms with Crippen molar-refractivity contribution in [3.63, 3.8) is 0 Å². The molecular weight excluding hydrogens is 188 g/mol. The van der Waals surface area contributed by atoms with Crippen LogP contribution in [0.4, 0.5) is 0 Å². The number of rotatable bonds is 0. The van der Waals surface area contributed by atoms with Gasteiger partial charge in [0.2, 0.25) is 0 Å². The van der Waals surface area contributed by atoms with Crippen molar-refractivity contribution in [2.75, 3.05) is 0 Å². The molecule has 0 radical (unpaired) electrons. The molecule has 9 heavy (non-hydrogen) atoms. The van der Waals surface area contributed by atoms with Crippen LogP contribution in [0, 0.1) is 13.3 Å². The summed E-state index contributed by atoms with van der Waals surface area (Å²) in [7, 11) is 0. The molecule has 1 N–H and O–H groups in total. The van der Waals surface area contributed by atoms with Crippen LogP contribution in [-0.4, -0.2) is 15.2 Å². The van der Waals surface area contributed by atoms with Gasteiger partial charge in [0.05, 0.1) is 0 Å². The number of hydrogen-bond donors (Lipinski definition) is 1. The minimum Gasteiger partial charge on any atom is -0.418 e. The number of nitrogens with one attached hydrogen (secondary N) is 1. The van der Waals surface area contributed by atoms with Crippen molar-refractivity contribution < 1.29 is 58.2 Å². The molecule has 0 aromatic carbocycles. The molecule has 0 atom stereocenters. The minimum absolute atomic E-state index is 0. The maximum absolute atomic E-state index is 3.62. The molecule has 0 saturated carbocycles. The van der Waals surface area contributed by atoms with Crippen molar-refractivity contribution in [2.45, 2.75) is 20.8 Å². The van der Waals surface area contributed by atoms with Crippen molar-refractivity contribution in [2.24, 2.45) is 0 Å². The summed E-state index contributed by atoms with van der Waals surface area (Å²) in [5.74, 6) is 0.801. The molecule has 0 amide bonds. The summed E-state index contributed by atoms with van der Waals surface area (Å²) in [5, 5.41) is 6.04. The molecule has 0 saturated heterocycles. The first-order valence-corrected chi connectivity index (χ1v) is 2.64. The Bertz CT molecular complexity index is 116. The average molecular weight is 198 g/mol. The van der Waals surface area contributed by atoms with E-state index in [-0.39, 0.29) is 58.2 Å². The number of hydrogen-bond acceptors (Lipinski definition) is 2. The zero-order valence-corrected chi connectivity index (χ0v) is 11.3. The van der Waals surface area contributed by atoms with Crippen molar-refractivity contribution >= 4 is 0 Å². The second-order valence-corrected chi connectivity index (χ2v) is 1.02. The van der Waals surface area contributed by atoms with Gasteiger partial charge in [-0.15, -0.1) is 0 Å². The van der Waals surface area contributed by atoms with E-state index >= 15 is 0 Å². The summed E-state index contributed by atoms with van der Waals surface area (Å²) in [6, 6.07) is 0. The van der Waals surface area contributed by atoms with Crippen LogP contribution >= 0.6 is 0 Å². The Morgan fingerprint density at radius 1 is 1.44 bits per heavy atom. The van der Waals surface area contributed by atoms with E-state index in [0.29, 0.717) is 0 Å². The molecule has 46 valence electrons. The van der Waals surface area contributed by atoms with Gasteiger partial charge in [-0.05, 0) is 12.2 Å². The fourth-order valence-electron chi connectivity index (χ4n) is 0.231. The molecule has 0 unspecified atom stereocenters. The van der Waals surface area contributed by atoms with Crippen molar-refractivity contribution in [3.8, 4) is 0 Å². The Kier molecular flexibility index (Phi) is 12.5. The van der Waals surface area contributed by atoms with Gasteiger partial charge < -0.3 is 10.1 Å². The molecule has 1 heterocycles. The molecular formula is C5H10N3Rb. The van der Waals surface area contributed by atoms with E-state index < -0.39 is 0 Å². The topological polar surface area (TPSA) is 41.6 Å². The first-order chi connectivity index (χ1) is 3.89. The van der Waals surface area contributed by atoms with Crippen LogP contribution in [0.25, 0.3) is 0 Å². The van der Waals surface area contributed by atoms with Crippen LogP contribution in [0.1, 0.15) is 19.7 Å². The Morgan fingerprint density at radius 2 is 2.00 bits per heavy atom. The molecule has 1 aromatic rings. The fourth-order valence-corrected chi connectivity index (χ4v) is 0.231. The molecule has 0 aliphatic rings. The second kappa shape index (κ2) is 8.95. The molecule has 4 heteroatoms. The summed E-state index contributed by atoms with van der Waals surface area (Å²) in [4.78, 5) is 3.62. The second-order valence-electron chi connectivity index (χ2n) is 1.02. The van der Waals surface area contributed by atoms with E-state index in [1.165, 1.54) is 0 Å². The van der Waals surface area contributed by atoms with Gasteiger partial charge in [-0.1, -0.05) is 20.8 Å². The molecule has 1 rings (SSSR count). The molecule has 1 aromatic heterocycles. The van der Waals surface area contributed by atoms with Crippen LogP contribution in [0.5, 0.6) is 0 Å². The zero-order valence-electron chi connectivity index (χ0n) is 6.39.